The number of aromatic nitrogens is 4. The minimum absolute atomic E-state index is 0.879. The molecule has 0 spiro atoms. The van der Waals surface area contributed by atoms with Crippen molar-refractivity contribution in [1.29, 1.82) is 0 Å². The number of hydrogen-bond acceptors (Lipinski definition) is 3. The first-order valence-electron chi connectivity index (χ1n) is 6.02. The Hall–Kier alpha value is -1.45. The van der Waals surface area contributed by atoms with Gasteiger partial charge >= 0.3 is 0 Å². The highest BCUT2D eigenvalue weighted by molar-refractivity contribution is 5.68. The van der Waals surface area contributed by atoms with E-state index in [2.05, 4.69) is 26.4 Å². The van der Waals surface area contributed by atoms with E-state index >= 15 is 0 Å². The van der Waals surface area contributed by atoms with Gasteiger partial charge in [-0.1, -0.05) is 33.6 Å². The summed E-state index contributed by atoms with van der Waals surface area (Å²) in [5, 5.41) is 0. The Bertz CT molecular complexity index is 408. The molecule has 0 atom stereocenters. The van der Waals surface area contributed by atoms with E-state index in [1.54, 1.807) is 12.5 Å². The minimum Gasteiger partial charge on any atom is -0.315 e. The van der Waals surface area contributed by atoms with Gasteiger partial charge in [-0.05, 0) is 6.42 Å². The zero-order chi connectivity index (χ0) is 11.8. The molecule has 0 aliphatic carbocycles. The summed E-state index contributed by atoms with van der Waals surface area (Å²) in [4.78, 5) is 12.4. The fourth-order valence-electron chi connectivity index (χ4n) is 1.51. The van der Waals surface area contributed by atoms with Crippen molar-refractivity contribution >= 4 is 11.2 Å². The van der Waals surface area contributed by atoms with Crippen LogP contribution in [0.25, 0.3) is 11.2 Å². The maximum absolute atomic E-state index is 4.24. The van der Waals surface area contributed by atoms with Crippen LogP contribution in [0.3, 0.4) is 0 Å². The third-order valence-electron chi connectivity index (χ3n) is 2.28. The molecule has 2 rings (SSSR count). The van der Waals surface area contributed by atoms with Crippen molar-refractivity contribution < 1.29 is 0 Å². The molecule has 2 aromatic heterocycles. The number of hydrogen-bond donors (Lipinski definition) is 0. The molecule has 2 aromatic rings. The molecular formula is C12H20N4. The van der Waals surface area contributed by atoms with Crippen LogP contribution in [-0.4, -0.2) is 19.5 Å². The molecule has 2 heterocycles. The average molecular weight is 220 g/mol. The Morgan fingerprint density at radius 1 is 1.19 bits per heavy atom. The number of imidazole rings is 1. The topological polar surface area (TPSA) is 43.6 Å². The van der Waals surface area contributed by atoms with Crippen LogP contribution in [-0.2, 0) is 6.54 Å². The predicted molar refractivity (Wildman–Crippen MR) is 66.2 cm³/mol. The Kier molecular flexibility index (Phi) is 5.46. The predicted octanol–water partition coefficient (Wildman–Crippen LogP) is 3.04. The summed E-state index contributed by atoms with van der Waals surface area (Å²) >= 11 is 0. The SMILES string of the molecule is CC.CCCCCn1cnc2cncnc21. The number of unbranched alkanes of at least 4 members (excludes halogenated alkanes) is 2. The van der Waals surface area contributed by atoms with Crippen molar-refractivity contribution in [2.45, 2.75) is 46.6 Å². The number of nitrogens with zero attached hydrogens (tertiary/aromatic N) is 4. The van der Waals surface area contributed by atoms with Crippen LogP contribution in [0.15, 0.2) is 18.9 Å². The van der Waals surface area contributed by atoms with Gasteiger partial charge in [-0.15, -0.1) is 0 Å². The van der Waals surface area contributed by atoms with E-state index in [1.807, 2.05) is 20.2 Å². The number of rotatable bonds is 4. The maximum atomic E-state index is 4.24. The van der Waals surface area contributed by atoms with Crippen molar-refractivity contribution in [2.24, 2.45) is 0 Å². The zero-order valence-electron chi connectivity index (χ0n) is 10.3. The molecule has 0 fully saturated rings. The van der Waals surface area contributed by atoms with Crippen LogP contribution >= 0.6 is 0 Å². The second-order valence-electron chi connectivity index (χ2n) is 3.38. The maximum Gasteiger partial charge on any atom is 0.163 e. The van der Waals surface area contributed by atoms with Gasteiger partial charge in [0.15, 0.2) is 5.65 Å². The van der Waals surface area contributed by atoms with Crippen LogP contribution in [0.5, 0.6) is 0 Å². The Balaban J connectivity index is 0.000000606. The monoisotopic (exact) mass is 220 g/mol. The fraction of sp³-hybridized carbons (Fsp3) is 0.583. The van der Waals surface area contributed by atoms with Gasteiger partial charge in [0.1, 0.15) is 11.8 Å². The second kappa shape index (κ2) is 6.93. The lowest BCUT2D eigenvalue weighted by Crippen LogP contribution is -1.97. The lowest BCUT2D eigenvalue weighted by Gasteiger charge is -2.01. The van der Waals surface area contributed by atoms with Gasteiger partial charge in [-0.3, -0.25) is 0 Å². The van der Waals surface area contributed by atoms with E-state index in [0.29, 0.717) is 0 Å². The zero-order valence-corrected chi connectivity index (χ0v) is 10.3. The van der Waals surface area contributed by atoms with Crippen LogP contribution in [0.2, 0.25) is 0 Å². The fourth-order valence-corrected chi connectivity index (χ4v) is 1.51. The normalized spacial score (nSPS) is 9.94. The summed E-state index contributed by atoms with van der Waals surface area (Å²) in [6.07, 6.45) is 8.84. The quantitative estimate of drug-likeness (QED) is 0.744. The molecule has 16 heavy (non-hydrogen) atoms. The molecule has 0 saturated heterocycles. The van der Waals surface area contributed by atoms with Crippen molar-refractivity contribution in [3.8, 4) is 0 Å². The molecule has 0 aliphatic heterocycles. The minimum atomic E-state index is 0.879. The average Bonchev–Trinajstić information content (AvgIpc) is 2.76. The summed E-state index contributed by atoms with van der Waals surface area (Å²) in [5.41, 5.74) is 1.82. The number of fused-ring (bicyclic) bond motifs is 1. The molecule has 0 amide bonds. The van der Waals surface area contributed by atoms with Crippen LogP contribution < -0.4 is 0 Å². The largest absolute Gasteiger partial charge is 0.315 e. The van der Waals surface area contributed by atoms with E-state index in [0.717, 1.165) is 17.7 Å². The van der Waals surface area contributed by atoms with Gasteiger partial charge in [0, 0.05) is 6.54 Å². The van der Waals surface area contributed by atoms with Gasteiger partial charge in [0.2, 0.25) is 0 Å². The Morgan fingerprint density at radius 3 is 2.75 bits per heavy atom. The molecule has 0 aromatic carbocycles. The van der Waals surface area contributed by atoms with E-state index < -0.39 is 0 Å². The molecule has 0 N–H and O–H groups in total. The molecule has 0 bridgehead atoms. The molecular weight excluding hydrogens is 200 g/mol. The first-order chi connectivity index (χ1) is 7.92. The van der Waals surface area contributed by atoms with Crippen molar-refractivity contribution in [1.82, 2.24) is 19.5 Å². The summed E-state index contributed by atoms with van der Waals surface area (Å²) in [6, 6.07) is 0. The first-order valence-corrected chi connectivity index (χ1v) is 6.02. The first kappa shape index (κ1) is 12.6. The molecule has 0 unspecified atom stereocenters. The molecule has 0 aliphatic rings. The van der Waals surface area contributed by atoms with Gasteiger partial charge in [0.05, 0.1) is 12.5 Å². The van der Waals surface area contributed by atoms with Crippen LogP contribution in [0.4, 0.5) is 0 Å². The van der Waals surface area contributed by atoms with Gasteiger partial charge in [-0.25, -0.2) is 15.0 Å². The number of aryl methyl sites for hydroxylation is 1. The molecule has 4 nitrogen and oxygen atoms in total. The lowest BCUT2D eigenvalue weighted by molar-refractivity contribution is 0.610. The standard InChI is InChI=1S/C10H14N4.C2H6/c1-2-3-4-5-14-8-13-9-6-11-7-12-10(9)14;1-2/h6-8H,2-5H2,1H3;1-2H3. The van der Waals surface area contributed by atoms with E-state index in [9.17, 15) is 0 Å². The Morgan fingerprint density at radius 2 is 2.00 bits per heavy atom. The summed E-state index contributed by atoms with van der Waals surface area (Å²) in [7, 11) is 0. The summed E-state index contributed by atoms with van der Waals surface area (Å²) in [6.45, 7) is 7.20. The third-order valence-corrected chi connectivity index (χ3v) is 2.28. The van der Waals surface area contributed by atoms with E-state index in [1.165, 1.54) is 19.3 Å². The van der Waals surface area contributed by atoms with Crippen LogP contribution in [0, 0.1) is 0 Å². The van der Waals surface area contributed by atoms with Crippen molar-refractivity contribution in [3.63, 3.8) is 0 Å². The smallest absolute Gasteiger partial charge is 0.163 e. The van der Waals surface area contributed by atoms with Gasteiger partial charge < -0.3 is 4.57 Å². The highest BCUT2D eigenvalue weighted by atomic mass is 15.1. The lowest BCUT2D eigenvalue weighted by atomic mass is 10.2. The third kappa shape index (κ3) is 3.02. The Labute approximate surface area is 96.8 Å². The highest BCUT2D eigenvalue weighted by Crippen LogP contribution is 2.08. The molecule has 0 radical (unpaired) electrons. The summed E-state index contributed by atoms with van der Waals surface area (Å²) in [5.74, 6) is 0. The second-order valence-corrected chi connectivity index (χ2v) is 3.38. The van der Waals surface area contributed by atoms with Crippen LogP contribution in [0.1, 0.15) is 40.0 Å². The van der Waals surface area contributed by atoms with Gasteiger partial charge in [0.25, 0.3) is 0 Å². The molecule has 88 valence electrons. The van der Waals surface area contributed by atoms with E-state index in [4.69, 9.17) is 0 Å². The van der Waals surface area contributed by atoms with Crippen molar-refractivity contribution in [3.05, 3.63) is 18.9 Å². The highest BCUT2D eigenvalue weighted by Gasteiger charge is 2.01. The van der Waals surface area contributed by atoms with E-state index in [-0.39, 0.29) is 0 Å². The molecule has 4 heteroatoms. The summed E-state index contributed by atoms with van der Waals surface area (Å²) < 4.78 is 2.09. The molecule has 0 saturated carbocycles. The van der Waals surface area contributed by atoms with Gasteiger partial charge in [-0.2, -0.15) is 0 Å². The van der Waals surface area contributed by atoms with Crippen molar-refractivity contribution in [2.75, 3.05) is 0 Å².